The van der Waals surface area contributed by atoms with Gasteiger partial charge >= 0.3 is 0 Å². The zero-order valence-corrected chi connectivity index (χ0v) is 14.9. The molecule has 3 aromatic rings. The molecule has 0 radical (unpaired) electrons. The van der Waals surface area contributed by atoms with Gasteiger partial charge in [-0.15, -0.1) is 0 Å². The maximum absolute atomic E-state index is 2.65. The molecule has 0 N–H and O–H groups in total. The third-order valence-corrected chi connectivity index (χ3v) is 6.08. The minimum Gasteiger partial charge on any atom is -0.339 e. The van der Waals surface area contributed by atoms with Gasteiger partial charge in [0.1, 0.15) is 0 Å². The van der Waals surface area contributed by atoms with Gasteiger partial charge in [0.25, 0.3) is 0 Å². The maximum atomic E-state index is 2.65. The van der Waals surface area contributed by atoms with E-state index in [0.717, 1.165) is 6.54 Å². The Hall–Kier alpha value is -2.06. The van der Waals surface area contributed by atoms with Crippen LogP contribution in [0.4, 0.5) is 0 Å². The first-order valence-corrected chi connectivity index (χ1v) is 9.82. The van der Waals surface area contributed by atoms with Crippen LogP contribution in [0.3, 0.4) is 0 Å². The molecule has 2 nitrogen and oxygen atoms in total. The van der Waals surface area contributed by atoms with Crippen molar-refractivity contribution in [2.75, 3.05) is 19.6 Å². The molecule has 0 bridgehead atoms. The Kier molecular flexibility index (Phi) is 3.86. The van der Waals surface area contributed by atoms with Gasteiger partial charge in [0.05, 0.1) is 5.69 Å². The van der Waals surface area contributed by atoms with Gasteiger partial charge in [0.15, 0.2) is 0 Å². The van der Waals surface area contributed by atoms with Gasteiger partial charge in [0.2, 0.25) is 0 Å². The van der Waals surface area contributed by atoms with Crippen LogP contribution >= 0.6 is 0 Å². The monoisotopic (exact) mass is 330 g/mol. The summed E-state index contributed by atoms with van der Waals surface area (Å²) in [4.78, 5) is 2.65. The fourth-order valence-corrected chi connectivity index (χ4v) is 4.82. The predicted octanol–water partition coefficient (Wildman–Crippen LogP) is 4.89. The van der Waals surface area contributed by atoms with E-state index in [1.807, 2.05) is 0 Å². The minimum absolute atomic E-state index is 1.10. The molecule has 2 aromatic carbocycles. The number of nitrogens with zero attached hydrogens (tertiary/aromatic N) is 2. The second kappa shape index (κ2) is 6.34. The van der Waals surface area contributed by atoms with E-state index in [1.165, 1.54) is 79.5 Å². The fraction of sp³-hybridized carbons (Fsp3) is 0.391. The summed E-state index contributed by atoms with van der Waals surface area (Å²) >= 11 is 0. The molecule has 2 heterocycles. The lowest BCUT2D eigenvalue weighted by Crippen LogP contribution is -2.32. The van der Waals surface area contributed by atoms with Crippen LogP contribution in [0.5, 0.6) is 0 Å². The van der Waals surface area contributed by atoms with Crippen LogP contribution < -0.4 is 0 Å². The van der Waals surface area contributed by atoms with Gasteiger partial charge < -0.3 is 9.47 Å². The fourth-order valence-electron chi connectivity index (χ4n) is 4.82. The summed E-state index contributed by atoms with van der Waals surface area (Å²) in [6.45, 7) is 4.83. The van der Waals surface area contributed by atoms with Gasteiger partial charge in [-0.05, 0) is 56.0 Å². The van der Waals surface area contributed by atoms with E-state index >= 15 is 0 Å². The van der Waals surface area contributed by atoms with E-state index in [2.05, 4.69) is 58.0 Å². The summed E-state index contributed by atoms with van der Waals surface area (Å²) < 4.78 is 2.61. The molecular formula is C23H26N2. The quantitative estimate of drug-likeness (QED) is 0.663. The lowest BCUT2D eigenvalue weighted by Gasteiger charge is -2.27. The van der Waals surface area contributed by atoms with Crippen LogP contribution in [0.15, 0.2) is 48.5 Å². The summed E-state index contributed by atoms with van der Waals surface area (Å²) in [6, 6.07) is 18.0. The number of hydrogen-bond donors (Lipinski definition) is 0. The van der Waals surface area contributed by atoms with E-state index in [1.54, 1.807) is 5.56 Å². The Bertz CT molecular complexity index is 900. The molecule has 0 spiro atoms. The normalized spacial score (nSPS) is 17.4. The van der Waals surface area contributed by atoms with Gasteiger partial charge in [-0.25, -0.2) is 0 Å². The highest BCUT2D eigenvalue weighted by Crippen LogP contribution is 2.39. The molecule has 0 atom stereocenters. The summed E-state index contributed by atoms with van der Waals surface area (Å²) in [7, 11) is 0. The number of aryl methyl sites for hydroxylation is 2. The topological polar surface area (TPSA) is 8.17 Å². The second-order valence-electron chi connectivity index (χ2n) is 7.56. The number of likely N-dealkylation sites (tertiary alicyclic amines) is 1. The minimum atomic E-state index is 1.10. The lowest BCUT2D eigenvalue weighted by molar-refractivity contribution is 0.222. The Morgan fingerprint density at radius 1 is 0.760 bits per heavy atom. The molecule has 1 aromatic heterocycles. The molecule has 0 amide bonds. The van der Waals surface area contributed by atoms with Crippen molar-refractivity contribution in [3.05, 3.63) is 59.7 Å². The van der Waals surface area contributed by atoms with Crippen LogP contribution in [0.1, 0.15) is 30.4 Å². The van der Waals surface area contributed by atoms with Crippen LogP contribution in [-0.4, -0.2) is 29.1 Å². The average Bonchev–Trinajstić information content (AvgIpc) is 3.01. The SMILES string of the molecule is c1ccc2c(c1)CCc1c-2n(CCN2CCCCC2)c2ccccc12. The van der Waals surface area contributed by atoms with Gasteiger partial charge in [-0.1, -0.05) is 48.9 Å². The van der Waals surface area contributed by atoms with Crippen molar-refractivity contribution in [1.82, 2.24) is 9.47 Å². The number of piperidine rings is 1. The van der Waals surface area contributed by atoms with Crippen LogP contribution in [0.2, 0.25) is 0 Å². The van der Waals surface area contributed by atoms with Crippen molar-refractivity contribution in [3.63, 3.8) is 0 Å². The van der Waals surface area contributed by atoms with Crippen molar-refractivity contribution >= 4 is 10.9 Å². The van der Waals surface area contributed by atoms with E-state index in [9.17, 15) is 0 Å². The molecule has 0 saturated carbocycles. The zero-order valence-electron chi connectivity index (χ0n) is 14.9. The highest BCUT2D eigenvalue weighted by molar-refractivity contribution is 5.93. The Labute approximate surface area is 150 Å². The van der Waals surface area contributed by atoms with E-state index in [-0.39, 0.29) is 0 Å². The first-order chi connectivity index (χ1) is 12.4. The molecule has 1 fully saturated rings. The zero-order chi connectivity index (χ0) is 16.6. The molecule has 5 rings (SSSR count). The number of aromatic nitrogens is 1. The summed E-state index contributed by atoms with van der Waals surface area (Å²) in [5.74, 6) is 0. The Balaban J connectivity index is 1.60. The predicted molar refractivity (Wildman–Crippen MR) is 105 cm³/mol. The first kappa shape index (κ1) is 15.2. The number of benzene rings is 2. The summed E-state index contributed by atoms with van der Waals surface area (Å²) in [5, 5.41) is 1.46. The smallest absolute Gasteiger partial charge is 0.0527 e. The van der Waals surface area contributed by atoms with Crippen molar-refractivity contribution in [1.29, 1.82) is 0 Å². The molecule has 0 unspecified atom stereocenters. The molecule has 25 heavy (non-hydrogen) atoms. The number of hydrogen-bond acceptors (Lipinski definition) is 1. The Morgan fingerprint density at radius 3 is 2.48 bits per heavy atom. The Morgan fingerprint density at radius 2 is 1.56 bits per heavy atom. The summed E-state index contributed by atoms with van der Waals surface area (Å²) in [5.41, 5.74) is 7.44. The molecule has 1 saturated heterocycles. The van der Waals surface area contributed by atoms with Crippen LogP contribution in [0.25, 0.3) is 22.2 Å². The standard InChI is InChI=1S/C23H26N2/c1-6-14-24(15-7-1)16-17-25-22-11-5-4-10-20(22)21-13-12-18-8-2-3-9-19(18)23(21)25/h2-5,8-11H,1,6-7,12-17H2. The average molecular weight is 330 g/mol. The lowest BCUT2D eigenvalue weighted by atomic mass is 9.89. The molecule has 2 aliphatic rings. The molecule has 1 aliphatic carbocycles. The van der Waals surface area contributed by atoms with Gasteiger partial charge in [-0.2, -0.15) is 0 Å². The van der Waals surface area contributed by atoms with Gasteiger partial charge in [-0.3, -0.25) is 0 Å². The highest BCUT2D eigenvalue weighted by atomic mass is 15.2. The molecule has 128 valence electrons. The van der Waals surface area contributed by atoms with E-state index < -0.39 is 0 Å². The summed E-state index contributed by atoms with van der Waals surface area (Å²) in [6.07, 6.45) is 6.49. The number of fused-ring (bicyclic) bond motifs is 5. The third kappa shape index (κ3) is 2.60. The first-order valence-electron chi connectivity index (χ1n) is 9.82. The van der Waals surface area contributed by atoms with Crippen molar-refractivity contribution in [2.45, 2.75) is 38.6 Å². The number of para-hydroxylation sites is 1. The second-order valence-corrected chi connectivity index (χ2v) is 7.56. The van der Waals surface area contributed by atoms with Crippen molar-refractivity contribution in [3.8, 4) is 11.3 Å². The van der Waals surface area contributed by atoms with E-state index in [0.29, 0.717) is 0 Å². The van der Waals surface area contributed by atoms with Gasteiger partial charge in [0, 0.05) is 29.6 Å². The third-order valence-electron chi connectivity index (χ3n) is 6.08. The molecule has 1 aliphatic heterocycles. The van der Waals surface area contributed by atoms with Crippen LogP contribution in [-0.2, 0) is 19.4 Å². The van der Waals surface area contributed by atoms with Crippen molar-refractivity contribution in [2.24, 2.45) is 0 Å². The maximum Gasteiger partial charge on any atom is 0.0527 e. The number of rotatable bonds is 3. The van der Waals surface area contributed by atoms with Crippen LogP contribution in [0, 0.1) is 0 Å². The molecular weight excluding hydrogens is 304 g/mol. The van der Waals surface area contributed by atoms with Crippen molar-refractivity contribution < 1.29 is 0 Å². The largest absolute Gasteiger partial charge is 0.339 e. The molecule has 2 heteroatoms. The van der Waals surface area contributed by atoms with E-state index in [4.69, 9.17) is 0 Å². The highest BCUT2D eigenvalue weighted by Gasteiger charge is 2.24.